The maximum absolute atomic E-state index is 12.8. The number of hydrazone groups is 1. The van der Waals surface area contributed by atoms with Crippen molar-refractivity contribution in [2.45, 2.75) is 25.9 Å². The second-order valence-corrected chi connectivity index (χ2v) is 7.21. The van der Waals surface area contributed by atoms with E-state index in [1.807, 2.05) is 31.2 Å². The maximum Gasteiger partial charge on any atom is 0.326 e. The first kappa shape index (κ1) is 20.3. The number of nitrogens with zero attached hydrogens (tertiary/aromatic N) is 3. The summed E-state index contributed by atoms with van der Waals surface area (Å²) in [5, 5.41) is 5.80. The molecule has 3 heterocycles. The first-order valence-electron chi connectivity index (χ1n) is 9.82. The molecule has 1 aliphatic rings. The van der Waals surface area contributed by atoms with E-state index in [1.54, 1.807) is 30.5 Å². The molecular weight excluding hydrogens is 398 g/mol. The SMILES string of the molecule is Cc1ccc(C2=NN(C(=O)COC(=O)Cn3ccccc3=O)[C@@H](c3ccco3)C2)cc1. The quantitative estimate of drug-likeness (QED) is 0.573. The molecule has 1 aromatic carbocycles. The number of aryl methyl sites for hydroxylation is 1. The zero-order valence-electron chi connectivity index (χ0n) is 16.9. The highest BCUT2D eigenvalue weighted by atomic mass is 16.5. The summed E-state index contributed by atoms with van der Waals surface area (Å²) >= 11 is 0. The summed E-state index contributed by atoms with van der Waals surface area (Å²) < 4.78 is 11.8. The summed E-state index contributed by atoms with van der Waals surface area (Å²) in [5.41, 5.74) is 2.47. The standard InChI is InChI=1S/C23H21N3O5/c1-16-7-9-17(10-8-16)18-13-19(20-5-4-12-30-20)26(24-18)22(28)15-31-23(29)14-25-11-3-2-6-21(25)27/h2-12,19H,13-15H2,1H3/t19-/m1/s1. The number of furan rings is 1. The lowest BCUT2D eigenvalue weighted by molar-refractivity contribution is -0.153. The molecule has 0 bridgehead atoms. The number of carbonyl (C=O) groups is 2. The van der Waals surface area contributed by atoms with Gasteiger partial charge < -0.3 is 13.7 Å². The van der Waals surface area contributed by atoms with E-state index >= 15 is 0 Å². The van der Waals surface area contributed by atoms with E-state index in [0.717, 1.165) is 16.8 Å². The van der Waals surface area contributed by atoms with Crippen molar-refractivity contribution < 1.29 is 18.7 Å². The Labute approximate surface area is 178 Å². The van der Waals surface area contributed by atoms with Gasteiger partial charge in [-0.1, -0.05) is 35.9 Å². The Hall–Kier alpha value is -3.94. The van der Waals surface area contributed by atoms with Crippen LogP contribution in [0.1, 0.15) is 29.3 Å². The van der Waals surface area contributed by atoms with Crippen molar-refractivity contribution in [1.29, 1.82) is 0 Å². The number of hydrogen-bond acceptors (Lipinski definition) is 6. The zero-order chi connectivity index (χ0) is 21.8. The Morgan fingerprint density at radius 1 is 1.13 bits per heavy atom. The minimum atomic E-state index is -0.682. The second-order valence-electron chi connectivity index (χ2n) is 7.21. The summed E-state index contributed by atoms with van der Waals surface area (Å²) in [5.74, 6) is -0.559. The van der Waals surface area contributed by atoms with E-state index in [4.69, 9.17) is 9.15 Å². The molecule has 0 fully saturated rings. The van der Waals surface area contributed by atoms with Crippen LogP contribution in [-0.4, -0.2) is 33.8 Å². The molecule has 4 rings (SSSR count). The van der Waals surface area contributed by atoms with Crippen LogP contribution in [0.2, 0.25) is 0 Å². The number of carbonyl (C=O) groups excluding carboxylic acids is 2. The fourth-order valence-corrected chi connectivity index (χ4v) is 3.35. The Morgan fingerprint density at radius 2 is 1.94 bits per heavy atom. The summed E-state index contributed by atoms with van der Waals surface area (Å²) in [4.78, 5) is 36.7. The van der Waals surface area contributed by atoms with Gasteiger partial charge in [-0.25, -0.2) is 5.01 Å². The third-order valence-electron chi connectivity index (χ3n) is 4.98. The topological polar surface area (TPSA) is 94.1 Å². The van der Waals surface area contributed by atoms with Crippen LogP contribution in [-0.2, 0) is 20.9 Å². The van der Waals surface area contributed by atoms with Gasteiger partial charge in [0.05, 0.1) is 12.0 Å². The van der Waals surface area contributed by atoms with Crippen molar-refractivity contribution in [2.24, 2.45) is 5.10 Å². The van der Waals surface area contributed by atoms with Crippen LogP contribution in [0.3, 0.4) is 0 Å². The molecule has 1 aliphatic heterocycles. The molecule has 0 aliphatic carbocycles. The van der Waals surface area contributed by atoms with Crippen LogP contribution in [0.5, 0.6) is 0 Å². The number of pyridine rings is 1. The first-order chi connectivity index (χ1) is 15.0. The number of rotatable bonds is 6. The molecule has 31 heavy (non-hydrogen) atoms. The molecule has 8 nitrogen and oxygen atoms in total. The summed E-state index contributed by atoms with van der Waals surface area (Å²) in [6, 6.07) is 15.6. The number of esters is 1. The van der Waals surface area contributed by atoms with Crippen LogP contribution >= 0.6 is 0 Å². The van der Waals surface area contributed by atoms with Gasteiger partial charge in [0.1, 0.15) is 18.3 Å². The molecule has 2 aromatic heterocycles. The average Bonchev–Trinajstić information content (AvgIpc) is 3.44. The molecule has 0 saturated heterocycles. The van der Waals surface area contributed by atoms with Gasteiger partial charge in [0.2, 0.25) is 0 Å². The molecular formula is C23H21N3O5. The Balaban J connectivity index is 1.47. The molecule has 1 amide bonds. The highest BCUT2D eigenvalue weighted by Gasteiger charge is 2.35. The monoisotopic (exact) mass is 419 g/mol. The molecule has 0 N–H and O–H groups in total. The number of benzene rings is 1. The number of ether oxygens (including phenoxy) is 1. The van der Waals surface area contributed by atoms with Crippen molar-refractivity contribution in [1.82, 2.24) is 9.58 Å². The minimum absolute atomic E-state index is 0.271. The van der Waals surface area contributed by atoms with E-state index in [9.17, 15) is 14.4 Å². The van der Waals surface area contributed by atoms with Crippen molar-refractivity contribution in [2.75, 3.05) is 6.61 Å². The average molecular weight is 419 g/mol. The van der Waals surface area contributed by atoms with E-state index in [0.29, 0.717) is 12.2 Å². The van der Waals surface area contributed by atoms with E-state index in [1.165, 1.54) is 21.8 Å². The molecule has 0 saturated carbocycles. The molecule has 3 aromatic rings. The molecule has 8 heteroatoms. The predicted molar refractivity (Wildman–Crippen MR) is 112 cm³/mol. The fourth-order valence-electron chi connectivity index (χ4n) is 3.35. The van der Waals surface area contributed by atoms with E-state index in [2.05, 4.69) is 5.10 Å². The van der Waals surface area contributed by atoms with Crippen LogP contribution in [0.15, 0.2) is 81.4 Å². The summed E-state index contributed by atoms with van der Waals surface area (Å²) in [7, 11) is 0. The Morgan fingerprint density at radius 3 is 2.65 bits per heavy atom. The third kappa shape index (κ3) is 4.63. The number of amides is 1. The highest BCUT2D eigenvalue weighted by Crippen LogP contribution is 2.33. The molecule has 158 valence electrons. The van der Waals surface area contributed by atoms with Gasteiger partial charge in [-0.15, -0.1) is 0 Å². The molecule has 0 radical (unpaired) electrons. The van der Waals surface area contributed by atoms with Gasteiger partial charge in [-0.3, -0.25) is 14.4 Å². The van der Waals surface area contributed by atoms with Gasteiger partial charge in [0.25, 0.3) is 11.5 Å². The lowest BCUT2D eigenvalue weighted by Gasteiger charge is -2.19. The smallest absolute Gasteiger partial charge is 0.326 e. The lowest BCUT2D eigenvalue weighted by Crippen LogP contribution is -2.32. The molecule has 0 unspecified atom stereocenters. The zero-order valence-corrected chi connectivity index (χ0v) is 16.9. The van der Waals surface area contributed by atoms with Crippen LogP contribution in [0.4, 0.5) is 0 Å². The van der Waals surface area contributed by atoms with Crippen molar-refractivity contribution >= 4 is 17.6 Å². The predicted octanol–water partition coefficient (Wildman–Crippen LogP) is 2.67. The Bertz CT molecular complexity index is 1160. The van der Waals surface area contributed by atoms with Gasteiger partial charge >= 0.3 is 5.97 Å². The normalized spacial score (nSPS) is 15.6. The molecule has 0 spiro atoms. The van der Waals surface area contributed by atoms with Gasteiger partial charge in [0, 0.05) is 18.7 Å². The molecule has 1 atom stereocenters. The van der Waals surface area contributed by atoms with E-state index < -0.39 is 24.5 Å². The lowest BCUT2D eigenvalue weighted by atomic mass is 10.0. The number of aromatic nitrogens is 1. The van der Waals surface area contributed by atoms with Crippen molar-refractivity contribution in [3.05, 3.63) is 94.3 Å². The highest BCUT2D eigenvalue weighted by molar-refractivity contribution is 6.03. The van der Waals surface area contributed by atoms with Crippen LogP contribution < -0.4 is 5.56 Å². The van der Waals surface area contributed by atoms with Crippen molar-refractivity contribution in [3.63, 3.8) is 0 Å². The largest absolute Gasteiger partial charge is 0.467 e. The van der Waals surface area contributed by atoms with Crippen LogP contribution in [0, 0.1) is 6.92 Å². The van der Waals surface area contributed by atoms with Gasteiger partial charge in [0.15, 0.2) is 6.61 Å². The first-order valence-corrected chi connectivity index (χ1v) is 9.82. The summed E-state index contributed by atoms with van der Waals surface area (Å²) in [6.07, 6.45) is 3.51. The third-order valence-corrected chi connectivity index (χ3v) is 4.98. The van der Waals surface area contributed by atoms with Gasteiger partial charge in [-0.2, -0.15) is 5.10 Å². The fraction of sp³-hybridized carbons (Fsp3) is 0.217. The minimum Gasteiger partial charge on any atom is -0.467 e. The summed E-state index contributed by atoms with van der Waals surface area (Å²) in [6.45, 7) is 1.24. The maximum atomic E-state index is 12.8. The second kappa shape index (κ2) is 8.83. The Kier molecular flexibility index (Phi) is 5.79. The number of hydrogen-bond donors (Lipinski definition) is 0. The van der Waals surface area contributed by atoms with Gasteiger partial charge in [-0.05, 0) is 30.7 Å². The van der Waals surface area contributed by atoms with Crippen molar-refractivity contribution in [3.8, 4) is 0 Å². The van der Waals surface area contributed by atoms with E-state index in [-0.39, 0.29) is 12.1 Å². The van der Waals surface area contributed by atoms with Crippen LogP contribution in [0.25, 0.3) is 0 Å².